The van der Waals surface area contributed by atoms with E-state index in [1.54, 1.807) is 18.3 Å². The van der Waals surface area contributed by atoms with Gasteiger partial charge in [0.05, 0.1) is 6.20 Å². The van der Waals surface area contributed by atoms with Crippen LogP contribution in [0.2, 0.25) is 0 Å². The summed E-state index contributed by atoms with van der Waals surface area (Å²) in [5.41, 5.74) is 0.763. The molecule has 72 valence electrons. The van der Waals surface area contributed by atoms with E-state index >= 15 is 0 Å². The summed E-state index contributed by atoms with van der Waals surface area (Å²) >= 11 is 0. The van der Waals surface area contributed by atoms with Crippen LogP contribution in [0.1, 0.15) is 5.76 Å². The Morgan fingerprint density at radius 3 is 2.64 bits per heavy atom. The molecule has 0 aromatic carbocycles. The Labute approximate surface area is 81.3 Å². The lowest BCUT2D eigenvalue weighted by molar-refractivity contribution is 0.333. The number of hydrogen-bond acceptors (Lipinski definition) is 4. The molecule has 4 nitrogen and oxygen atoms in total. The quantitative estimate of drug-likeness (QED) is 0.734. The number of nitrogens with zero attached hydrogens (tertiary/aromatic N) is 1. The monoisotopic (exact) mass is 190 g/mol. The maximum absolute atomic E-state index is 5.41. The molecule has 0 bridgehead atoms. The summed E-state index contributed by atoms with van der Waals surface area (Å²) in [7, 11) is 0. The maximum atomic E-state index is 5.41. The van der Waals surface area contributed by atoms with Crippen molar-refractivity contribution in [3.63, 3.8) is 0 Å². The molecular formula is C10H10N2O2. The normalized spacial score (nSPS) is 10.1. The topological polar surface area (TPSA) is 61.3 Å². The van der Waals surface area contributed by atoms with Crippen molar-refractivity contribution >= 4 is 0 Å². The summed E-state index contributed by atoms with van der Waals surface area (Å²) in [4.78, 5) is 8.65. The molecule has 2 rings (SSSR count). The van der Waals surface area contributed by atoms with Gasteiger partial charge >= 0.3 is 0 Å². The van der Waals surface area contributed by atoms with E-state index in [2.05, 4.69) is 9.82 Å². The molecule has 2 N–H and O–H groups in total. The molecule has 4 heteroatoms. The minimum atomic E-state index is 0.525. The van der Waals surface area contributed by atoms with Crippen molar-refractivity contribution < 1.29 is 9.25 Å². The van der Waals surface area contributed by atoms with E-state index in [0.29, 0.717) is 5.75 Å². The SMILES string of the molecule is Cc1ccc(-c2ccc(ON)cn2)o1. The van der Waals surface area contributed by atoms with E-state index in [0.717, 1.165) is 17.2 Å². The Hall–Kier alpha value is -1.81. The predicted molar refractivity (Wildman–Crippen MR) is 51.5 cm³/mol. The average Bonchev–Trinajstić information content (AvgIpc) is 2.65. The molecule has 2 aromatic rings. The lowest BCUT2D eigenvalue weighted by atomic mass is 10.3. The minimum Gasteiger partial charge on any atom is -0.460 e. The Morgan fingerprint density at radius 1 is 1.29 bits per heavy atom. The third-order valence-electron chi connectivity index (χ3n) is 1.87. The highest BCUT2D eigenvalue weighted by Gasteiger charge is 2.03. The maximum Gasteiger partial charge on any atom is 0.165 e. The second-order valence-electron chi connectivity index (χ2n) is 2.91. The second kappa shape index (κ2) is 3.51. The van der Waals surface area contributed by atoms with Gasteiger partial charge in [0.15, 0.2) is 11.5 Å². The van der Waals surface area contributed by atoms with Gasteiger partial charge in [0, 0.05) is 0 Å². The molecule has 0 saturated carbocycles. The van der Waals surface area contributed by atoms with Crippen LogP contribution in [0.5, 0.6) is 5.75 Å². The van der Waals surface area contributed by atoms with Crippen LogP contribution in [0.4, 0.5) is 0 Å². The van der Waals surface area contributed by atoms with Crippen LogP contribution in [-0.2, 0) is 0 Å². The van der Waals surface area contributed by atoms with Crippen LogP contribution in [-0.4, -0.2) is 4.98 Å². The summed E-state index contributed by atoms with van der Waals surface area (Å²) in [5.74, 6) is 7.11. The molecule has 0 spiro atoms. The predicted octanol–water partition coefficient (Wildman–Crippen LogP) is 1.90. The molecule has 0 aliphatic rings. The van der Waals surface area contributed by atoms with Gasteiger partial charge in [-0.1, -0.05) is 0 Å². The van der Waals surface area contributed by atoms with Crippen LogP contribution >= 0.6 is 0 Å². The summed E-state index contributed by atoms with van der Waals surface area (Å²) in [5, 5.41) is 0. The fourth-order valence-electron chi connectivity index (χ4n) is 1.17. The van der Waals surface area contributed by atoms with Gasteiger partial charge in [-0.05, 0) is 31.2 Å². The largest absolute Gasteiger partial charge is 0.460 e. The van der Waals surface area contributed by atoms with Crippen molar-refractivity contribution in [3.05, 3.63) is 36.2 Å². The molecule has 0 unspecified atom stereocenters. The van der Waals surface area contributed by atoms with Gasteiger partial charge in [-0.2, -0.15) is 5.90 Å². The summed E-state index contributed by atoms with van der Waals surface area (Å²) in [6, 6.07) is 7.30. The number of hydrogen-bond donors (Lipinski definition) is 1. The van der Waals surface area contributed by atoms with Gasteiger partial charge in [-0.15, -0.1) is 0 Å². The molecule has 0 amide bonds. The van der Waals surface area contributed by atoms with E-state index in [9.17, 15) is 0 Å². The Balaban J connectivity index is 2.33. The number of furan rings is 1. The van der Waals surface area contributed by atoms with E-state index < -0.39 is 0 Å². The van der Waals surface area contributed by atoms with E-state index in [4.69, 9.17) is 10.3 Å². The number of nitrogens with two attached hydrogens (primary N) is 1. The van der Waals surface area contributed by atoms with Gasteiger partial charge in [0.25, 0.3) is 0 Å². The van der Waals surface area contributed by atoms with Crippen molar-refractivity contribution in [2.45, 2.75) is 6.92 Å². The summed E-state index contributed by atoms with van der Waals surface area (Å²) < 4.78 is 5.41. The van der Waals surface area contributed by atoms with Gasteiger partial charge in [-0.3, -0.25) is 0 Å². The zero-order valence-electron chi connectivity index (χ0n) is 7.73. The van der Waals surface area contributed by atoms with Gasteiger partial charge in [0.1, 0.15) is 11.5 Å². The third-order valence-corrected chi connectivity index (χ3v) is 1.87. The van der Waals surface area contributed by atoms with Crippen molar-refractivity contribution in [1.29, 1.82) is 0 Å². The molecule has 14 heavy (non-hydrogen) atoms. The molecule has 0 radical (unpaired) electrons. The third kappa shape index (κ3) is 1.60. The molecule has 0 fully saturated rings. The van der Waals surface area contributed by atoms with Gasteiger partial charge in [0.2, 0.25) is 0 Å². The zero-order valence-corrected chi connectivity index (χ0v) is 7.73. The first-order valence-electron chi connectivity index (χ1n) is 4.19. The van der Waals surface area contributed by atoms with E-state index in [1.807, 2.05) is 19.1 Å². The van der Waals surface area contributed by atoms with Crippen LogP contribution in [0, 0.1) is 6.92 Å². The summed E-state index contributed by atoms with van der Waals surface area (Å²) in [6.07, 6.45) is 1.55. The second-order valence-corrected chi connectivity index (χ2v) is 2.91. The molecule has 0 aliphatic carbocycles. The first kappa shape index (κ1) is 8.77. The molecule has 0 aliphatic heterocycles. The van der Waals surface area contributed by atoms with Crippen molar-refractivity contribution in [3.8, 4) is 17.2 Å². The first-order chi connectivity index (χ1) is 6.79. The van der Waals surface area contributed by atoms with Crippen LogP contribution in [0.3, 0.4) is 0 Å². The summed E-state index contributed by atoms with van der Waals surface area (Å²) in [6.45, 7) is 1.89. The highest BCUT2D eigenvalue weighted by Crippen LogP contribution is 2.20. The average molecular weight is 190 g/mol. The Kier molecular flexibility index (Phi) is 2.20. The highest BCUT2D eigenvalue weighted by molar-refractivity contribution is 5.52. The fraction of sp³-hybridized carbons (Fsp3) is 0.100. The zero-order chi connectivity index (χ0) is 9.97. The number of pyridine rings is 1. The van der Waals surface area contributed by atoms with Gasteiger partial charge < -0.3 is 9.25 Å². The van der Waals surface area contributed by atoms with E-state index in [1.165, 1.54) is 0 Å². The van der Waals surface area contributed by atoms with Crippen LogP contribution < -0.4 is 10.7 Å². The minimum absolute atomic E-state index is 0.525. The number of aromatic nitrogens is 1. The molecule has 2 heterocycles. The lowest BCUT2D eigenvalue weighted by Gasteiger charge is -1.98. The standard InChI is InChI=1S/C10H10N2O2/c1-7-2-5-10(13-7)9-4-3-8(14-11)6-12-9/h2-6H,11H2,1H3. The molecule has 0 atom stereocenters. The molecule has 2 aromatic heterocycles. The Morgan fingerprint density at radius 2 is 2.14 bits per heavy atom. The van der Waals surface area contributed by atoms with Crippen LogP contribution in [0.15, 0.2) is 34.9 Å². The van der Waals surface area contributed by atoms with Crippen LogP contribution in [0.25, 0.3) is 11.5 Å². The van der Waals surface area contributed by atoms with E-state index in [-0.39, 0.29) is 0 Å². The number of rotatable bonds is 2. The fourth-order valence-corrected chi connectivity index (χ4v) is 1.17. The number of aryl methyl sites for hydroxylation is 1. The highest BCUT2D eigenvalue weighted by atomic mass is 16.6. The lowest BCUT2D eigenvalue weighted by Crippen LogP contribution is -2.01. The smallest absolute Gasteiger partial charge is 0.165 e. The Bertz CT molecular complexity index is 420. The molecule has 0 saturated heterocycles. The van der Waals surface area contributed by atoms with Crippen molar-refractivity contribution in [2.75, 3.05) is 0 Å². The van der Waals surface area contributed by atoms with Crippen molar-refractivity contribution in [2.24, 2.45) is 5.90 Å². The van der Waals surface area contributed by atoms with Gasteiger partial charge in [-0.25, -0.2) is 4.98 Å². The molecular weight excluding hydrogens is 180 g/mol. The van der Waals surface area contributed by atoms with Crippen molar-refractivity contribution in [1.82, 2.24) is 4.98 Å². The first-order valence-corrected chi connectivity index (χ1v) is 4.19.